The number of ether oxygens (including phenoxy) is 1. The molecule has 1 saturated carbocycles. The van der Waals surface area contributed by atoms with Crippen LogP contribution < -0.4 is 16.1 Å². The minimum absolute atomic E-state index is 0.000387. The Morgan fingerprint density at radius 1 is 1.06 bits per heavy atom. The van der Waals surface area contributed by atoms with E-state index in [1.165, 1.54) is 4.31 Å². The fraction of sp³-hybridized carbons (Fsp3) is 0.652. The first-order valence-electron chi connectivity index (χ1n) is 12.2. The maximum Gasteiger partial charge on any atom is 0.243 e. The summed E-state index contributed by atoms with van der Waals surface area (Å²) in [5.74, 6) is -0.346. The summed E-state index contributed by atoms with van der Waals surface area (Å²) >= 11 is 0. The van der Waals surface area contributed by atoms with Crippen molar-refractivity contribution in [3.8, 4) is 6.07 Å². The number of hydrogen-bond donors (Lipinski definition) is 3. The Morgan fingerprint density at radius 3 is 2.53 bits per heavy atom. The Labute approximate surface area is 200 Å². The zero-order valence-electron chi connectivity index (χ0n) is 19.2. The van der Waals surface area contributed by atoms with Crippen LogP contribution in [0, 0.1) is 23.2 Å². The second-order valence-electron chi connectivity index (χ2n) is 9.46. The van der Waals surface area contributed by atoms with Gasteiger partial charge in [0, 0.05) is 37.4 Å². The Morgan fingerprint density at radius 2 is 1.79 bits per heavy atom. The molecule has 1 aromatic rings. The standard InChI is InChI=1S/C23H32N6O4S/c24-15-16-3-1-2-4-19(16)29-20-9-10-25-23(30)21(20)22(27-29)26-17-5-7-18(8-6-17)34(31,32)28-11-13-33-14-12-28/h5-8,16,19-22,26-27H,1-4,9-14H2,(H,25,30)/t16-,19+,20?,21?,22?/m1/s1. The number of nitriles is 1. The number of piperidine rings is 1. The van der Waals surface area contributed by atoms with E-state index in [0.717, 1.165) is 37.8 Å². The van der Waals surface area contributed by atoms with Gasteiger partial charge in [-0.25, -0.2) is 18.9 Å². The summed E-state index contributed by atoms with van der Waals surface area (Å²) < 4.78 is 32.5. The van der Waals surface area contributed by atoms with Crippen LogP contribution in [0.1, 0.15) is 32.1 Å². The number of hydrazine groups is 1. The molecule has 3 N–H and O–H groups in total. The van der Waals surface area contributed by atoms with Crippen molar-refractivity contribution in [1.29, 1.82) is 5.26 Å². The highest BCUT2D eigenvalue weighted by atomic mass is 32.2. The largest absolute Gasteiger partial charge is 0.379 e. The van der Waals surface area contributed by atoms with Crippen LogP contribution in [0.4, 0.5) is 5.69 Å². The fourth-order valence-corrected chi connectivity index (χ4v) is 7.14. The van der Waals surface area contributed by atoms with Crippen molar-refractivity contribution in [2.24, 2.45) is 11.8 Å². The zero-order chi connectivity index (χ0) is 23.7. The quantitative estimate of drug-likeness (QED) is 0.557. The average Bonchev–Trinajstić information content (AvgIpc) is 3.24. The van der Waals surface area contributed by atoms with Crippen molar-refractivity contribution in [3.05, 3.63) is 24.3 Å². The molecule has 0 radical (unpaired) electrons. The molecule has 3 saturated heterocycles. The van der Waals surface area contributed by atoms with Gasteiger partial charge < -0.3 is 15.4 Å². The number of carbonyl (C=O) groups excluding carboxylic acids is 1. The van der Waals surface area contributed by atoms with Gasteiger partial charge in [-0.1, -0.05) is 12.8 Å². The lowest BCUT2D eigenvalue weighted by atomic mass is 9.83. The molecule has 1 aromatic carbocycles. The van der Waals surface area contributed by atoms with E-state index >= 15 is 0 Å². The number of sulfonamides is 1. The SMILES string of the molecule is N#C[C@H]1CCCC[C@@H]1N1NC(Nc2ccc(S(=O)(=O)N3CCOCC3)cc2)C2C(=O)NCCC21. The van der Waals surface area contributed by atoms with Gasteiger partial charge in [-0.05, 0) is 43.5 Å². The van der Waals surface area contributed by atoms with Gasteiger partial charge in [0.15, 0.2) is 0 Å². The van der Waals surface area contributed by atoms with E-state index in [-0.39, 0.29) is 40.9 Å². The molecular weight excluding hydrogens is 456 g/mol. The van der Waals surface area contributed by atoms with E-state index in [1.807, 2.05) is 0 Å². The summed E-state index contributed by atoms with van der Waals surface area (Å²) in [4.78, 5) is 13.1. The number of nitrogens with one attached hydrogen (secondary N) is 3. The third kappa shape index (κ3) is 4.41. The summed E-state index contributed by atoms with van der Waals surface area (Å²) in [6.07, 6.45) is 4.47. The Bertz CT molecular complexity index is 1040. The maximum atomic E-state index is 12.9. The van der Waals surface area contributed by atoms with Crippen LogP contribution >= 0.6 is 0 Å². The van der Waals surface area contributed by atoms with E-state index in [0.29, 0.717) is 32.8 Å². The normalized spacial score (nSPS) is 33.0. The monoisotopic (exact) mass is 488 g/mol. The molecule has 1 aliphatic carbocycles. The van der Waals surface area contributed by atoms with Gasteiger partial charge in [0.05, 0.1) is 36.0 Å². The van der Waals surface area contributed by atoms with Crippen LogP contribution in [-0.4, -0.2) is 74.7 Å². The lowest BCUT2D eigenvalue weighted by Crippen LogP contribution is -2.54. The molecule has 4 aliphatic rings. The number of amides is 1. The van der Waals surface area contributed by atoms with E-state index in [9.17, 15) is 18.5 Å². The lowest BCUT2D eigenvalue weighted by molar-refractivity contribution is -0.128. The second kappa shape index (κ2) is 9.79. The van der Waals surface area contributed by atoms with Gasteiger partial charge in [-0.3, -0.25) is 4.79 Å². The van der Waals surface area contributed by atoms with Crippen LogP contribution in [0.25, 0.3) is 0 Å². The molecule has 5 rings (SSSR count). The Balaban J connectivity index is 1.33. The summed E-state index contributed by atoms with van der Waals surface area (Å²) in [7, 11) is -3.56. The van der Waals surface area contributed by atoms with Crippen molar-refractivity contribution in [3.63, 3.8) is 0 Å². The van der Waals surface area contributed by atoms with Gasteiger partial charge in [0.1, 0.15) is 6.17 Å². The van der Waals surface area contributed by atoms with Crippen LogP contribution in [0.5, 0.6) is 0 Å². The average molecular weight is 489 g/mol. The Hall–Kier alpha value is -2.23. The first-order valence-corrected chi connectivity index (χ1v) is 13.6. The zero-order valence-corrected chi connectivity index (χ0v) is 20.0. The molecule has 0 spiro atoms. The molecule has 3 unspecified atom stereocenters. The molecule has 0 aromatic heterocycles. The third-order valence-electron chi connectivity index (χ3n) is 7.50. The third-order valence-corrected chi connectivity index (χ3v) is 9.41. The highest BCUT2D eigenvalue weighted by Crippen LogP contribution is 2.36. The van der Waals surface area contributed by atoms with Gasteiger partial charge in [-0.2, -0.15) is 9.57 Å². The smallest absolute Gasteiger partial charge is 0.243 e. The molecule has 4 fully saturated rings. The molecule has 11 heteroatoms. The number of fused-ring (bicyclic) bond motifs is 1. The minimum Gasteiger partial charge on any atom is -0.379 e. The predicted molar refractivity (Wildman–Crippen MR) is 125 cm³/mol. The Kier molecular flexibility index (Phi) is 6.77. The van der Waals surface area contributed by atoms with E-state index in [1.54, 1.807) is 24.3 Å². The van der Waals surface area contributed by atoms with Crippen LogP contribution in [0.2, 0.25) is 0 Å². The molecule has 10 nitrogen and oxygen atoms in total. The molecule has 3 heterocycles. The van der Waals surface area contributed by atoms with Gasteiger partial charge in [-0.15, -0.1) is 0 Å². The van der Waals surface area contributed by atoms with Crippen LogP contribution in [-0.2, 0) is 19.6 Å². The predicted octanol–water partition coefficient (Wildman–Crippen LogP) is 0.853. The highest BCUT2D eigenvalue weighted by Gasteiger charge is 2.51. The number of anilines is 1. The van der Waals surface area contributed by atoms with E-state index < -0.39 is 10.0 Å². The number of nitrogens with zero attached hydrogens (tertiary/aromatic N) is 3. The summed E-state index contributed by atoms with van der Waals surface area (Å²) in [6.45, 7) is 2.14. The first-order chi connectivity index (χ1) is 16.5. The molecule has 184 valence electrons. The van der Waals surface area contributed by atoms with Gasteiger partial charge in [0.25, 0.3) is 0 Å². The van der Waals surface area contributed by atoms with E-state index in [2.05, 4.69) is 27.1 Å². The summed E-state index contributed by atoms with van der Waals surface area (Å²) in [6, 6.07) is 9.27. The highest BCUT2D eigenvalue weighted by molar-refractivity contribution is 7.89. The number of carbonyl (C=O) groups is 1. The van der Waals surface area contributed by atoms with Crippen molar-refractivity contribution in [2.45, 2.75) is 55.2 Å². The van der Waals surface area contributed by atoms with Gasteiger partial charge >= 0.3 is 0 Å². The van der Waals surface area contributed by atoms with Crippen LogP contribution in [0.15, 0.2) is 29.2 Å². The van der Waals surface area contributed by atoms with Crippen molar-refractivity contribution < 1.29 is 17.9 Å². The van der Waals surface area contributed by atoms with Crippen molar-refractivity contribution in [2.75, 3.05) is 38.2 Å². The maximum absolute atomic E-state index is 12.9. The molecule has 1 amide bonds. The molecule has 34 heavy (non-hydrogen) atoms. The molecule has 0 bridgehead atoms. The lowest BCUT2D eigenvalue weighted by Gasteiger charge is -2.39. The molecule has 5 atom stereocenters. The molecule has 3 aliphatic heterocycles. The summed E-state index contributed by atoms with van der Waals surface area (Å²) in [5, 5.41) is 18.3. The van der Waals surface area contributed by atoms with Crippen molar-refractivity contribution >= 4 is 21.6 Å². The topological polar surface area (TPSA) is 127 Å². The second-order valence-corrected chi connectivity index (χ2v) is 11.4. The van der Waals surface area contributed by atoms with Crippen LogP contribution in [0.3, 0.4) is 0 Å². The van der Waals surface area contributed by atoms with Gasteiger partial charge in [0.2, 0.25) is 15.9 Å². The number of hydrogen-bond acceptors (Lipinski definition) is 8. The minimum atomic E-state index is -3.56. The van der Waals surface area contributed by atoms with E-state index in [4.69, 9.17) is 4.74 Å². The number of benzene rings is 1. The number of rotatable bonds is 5. The number of morpholine rings is 1. The molecular formula is C23H32N6O4S. The fourth-order valence-electron chi connectivity index (χ4n) is 5.73. The summed E-state index contributed by atoms with van der Waals surface area (Å²) in [5.41, 5.74) is 4.25. The first kappa shape index (κ1) is 23.5. The van der Waals surface area contributed by atoms with Crippen molar-refractivity contribution in [1.82, 2.24) is 20.1 Å².